The molecule has 1 saturated heterocycles. The molecule has 0 spiro atoms. The third-order valence-corrected chi connectivity index (χ3v) is 3.98. The van der Waals surface area contributed by atoms with Gasteiger partial charge in [0, 0.05) is 26.2 Å². The normalized spacial score (nSPS) is 14.7. The van der Waals surface area contributed by atoms with Crippen molar-refractivity contribution in [2.24, 2.45) is 0 Å². The molecule has 0 bridgehead atoms. The van der Waals surface area contributed by atoms with Crippen molar-refractivity contribution in [3.05, 3.63) is 59.2 Å². The Bertz CT molecular complexity index is 658. The topological polar surface area (TPSA) is 45.7 Å². The van der Waals surface area contributed by atoms with E-state index in [1.54, 1.807) is 11.0 Å². The molecule has 0 N–H and O–H groups in total. The monoisotopic (exact) mass is 331 g/mol. The van der Waals surface area contributed by atoms with E-state index in [1.165, 1.54) is 0 Å². The van der Waals surface area contributed by atoms with Gasteiger partial charge in [-0.2, -0.15) is 0 Å². The first-order chi connectivity index (χ1) is 11.2. The van der Waals surface area contributed by atoms with Crippen molar-refractivity contribution in [3.63, 3.8) is 0 Å². The summed E-state index contributed by atoms with van der Waals surface area (Å²) in [6, 6.07) is 15.2. The van der Waals surface area contributed by atoms with Gasteiger partial charge in [0.05, 0.1) is 0 Å². The number of aromatic nitrogens is 1. The summed E-state index contributed by atoms with van der Waals surface area (Å²) >= 11 is 5.92. The summed E-state index contributed by atoms with van der Waals surface area (Å²) in [4.78, 5) is 20.3. The van der Waals surface area contributed by atoms with Crippen LogP contribution in [-0.4, -0.2) is 42.2 Å². The molecular weight excluding hydrogens is 314 g/mol. The maximum atomic E-state index is 12.1. The summed E-state index contributed by atoms with van der Waals surface area (Å²) < 4.78 is 5.36. The van der Waals surface area contributed by atoms with Gasteiger partial charge in [0.1, 0.15) is 17.6 Å². The standard InChI is InChI=1S/C17H18ClN3O2/c18-15-7-4-8-16(19-15)20-9-11-21(12-10-20)17(22)23-13-14-5-2-1-3-6-14/h1-8H,9-13H2. The summed E-state index contributed by atoms with van der Waals surface area (Å²) in [5, 5.41) is 0.479. The maximum absolute atomic E-state index is 12.1. The van der Waals surface area contributed by atoms with E-state index in [-0.39, 0.29) is 6.09 Å². The van der Waals surface area contributed by atoms with E-state index in [9.17, 15) is 4.79 Å². The highest BCUT2D eigenvalue weighted by Gasteiger charge is 2.22. The lowest BCUT2D eigenvalue weighted by Gasteiger charge is -2.34. The Hall–Kier alpha value is -2.27. The van der Waals surface area contributed by atoms with E-state index in [4.69, 9.17) is 16.3 Å². The maximum Gasteiger partial charge on any atom is 0.410 e. The van der Waals surface area contributed by atoms with Gasteiger partial charge in [0.25, 0.3) is 0 Å². The number of hydrogen-bond donors (Lipinski definition) is 0. The van der Waals surface area contributed by atoms with Gasteiger partial charge >= 0.3 is 6.09 Å². The first-order valence-electron chi connectivity index (χ1n) is 7.55. The van der Waals surface area contributed by atoms with Crippen LogP contribution in [0.2, 0.25) is 5.15 Å². The Kier molecular flexibility index (Phi) is 4.98. The van der Waals surface area contributed by atoms with Crippen LogP contribution < -0.4 is 4.90 Å². The molecule has 0 unspecified atom stereocenters. The fourth-order valence-corrected chi connectivity index (χ4v) is 2.66. The molecule has 0 atom stereocenters. The van der Waals surface area contributed by atoms with Crippen molar-refractivity contribution in [2.75, 3.05) is 31.1 Å². The summed E-state index contributed by atoms with van der Waals surface area (Å²) in [6.45, 7) is 2.96. The van der Waals surface area contributed by atoms with Crippen LogP contribution in [0.15, 0.2) is 48.5 Å². The molecule has 0 aliphatic carbocycles. The molecule has 1 aliphatic heterocycles. The van der Waals surface area contributed by atoms with Gasteiger partial charge in [0.2, 0.25) is 0 Å². The number of hydrogen-bond acceptors (Lipinski definition) is 4. The van der Waals surface area contributed by atoms with Crippen molar-refractivity contribution >= 4 is 23.5 Å². The highest BCUT2D eigenvalue weighted by Crippen LogP contribution is 2.16. The largest absolute Gasteiger partial charge is 0.445 e. The van der Waals surface area contributed by atoms with Crippen LogP contribution in [-0.2, 0) is 11.3 Å². The van der Waals surface area contributed by atoms with Crippen molar-refractivity contribution in [2.45, 2.75) is 6.61 Å². The van der Waals surface area contributed by atoms with Crippen LogP contribution in [0, 0.1) is 0 Å². The third-order valence-electron chi connectivity index (χ3n) is 3.77. The number of pyridine rings is 1. The molecule has 2 heterocycles. The average Bonchev–Trinajstić information content (AvgIpc) is 2.61. The minimum absolute atomic E-state index is 0.271. The van der Waals surface area contributed by atoms with Gasteiger partial charge in [-0.25, -0.2) is 9.78 Å². The highest BCUT2D eigenvalue weighted by molar-refractivity contribution is 6.29. The predicted molar refractivity (Wildman–Crippen MR) is 89.7 cm³/mol. The highest BCUT2D eigenvalue weighted by atomic mass is 35.5. The lowest BCUT2D eigenvalue weighted by molar-refractivity contribution is 0.0941. The molecule has 2 aromatic rings. The van der Waals surface area contributed by atoms with Gasteiger partial charge in [0.15, 0.2) is 0 Å². The number of amides is 1. The number of anilines is 1. The molecule has 1 fully saturated rings. The predicted octanol–water partition coefficient (Wildman–Crippen LogP) is 3.19. The molecule has 0 saturated carbocycles. The number of ether oxygens (including phenoxy) is 1. The Labute approximate surface area is 140 Å². The molecule has 1 aliphatic rings. The lowest BCUT2D eigenvalue weighted by atomic mass is 10.2. The average molecular weight is 332 g/mol. The molecule has 1 aromatic carbocycles. The van der Waals surface area contributed by atoms with E-state index in [1.807, 2.05) is 42.5 Å². The third kappa shape index (κ3) is 4.13. The molecule has 3 rings (SSSR count). The SMILES string of the molecule is O=C(OCc1ccccc1)N1CCN(c2cccc(Cl)n2)CC1. The fraction of sp³-hybridized carbons (Fsp3) is 0.294. The Morgan fingerprint density at radius 1 is 1.04 bits per heavy atom. The fourth-order valence-electron chi connectivity index (χ4n) is 2.50. The number of piperazine rings is 1. The van der Waals surface area contributed by atoms with Crippen molar-refractivity contribution in [3.8, 4) is 0 Å². The summed E-state index contributed by atoms with van der Waals surface area (Å²) in [5.74, 6) is 0.842. The summed E-state index contributed by atoms with van der Waals surface area (Å²) in [7, 11) is 0. The van der Waals surface area contributed by atoms with Gasteiger partial charge in [-0.05, 0) is 17.7 Å². The van der Waals surface area contributed by atoms with Crippen molar-refractivity contribution in [1.29, 1.82) is 0 Å². The number of carbonyl (C=O) groups excluding carboxylic acids is 1. The Morgan fingerprint density at radius 2 is 1.78 bits per heavy atom. The van der Waals surface area contributed by atoms with Gasteiger partial charge in [-0.15, -0.1) is 0 Å². The van der Waals surface area contributed by atoms with Crippen LogP contribution in [0.3, 0.4) is 0 Å². The quantitative estimate of drug-likeness (QED) is 0.810. The zero-order valence-corrected chi connectivity index (χ0v) is 13.4. The van der Waals surface area contributed by atoms with Crippen LogP contribution in [0.1, 0.15) is 5.56 Å². The Morgan fingerprint density at radius 3 is 2.48 bits per heavy atom. The van der Waals surface area contributed by atoms with Gasteiger partial charge < -0.3 is 14.5 Å². The molecule has 5 nitrogen and oxygen atoms in total. The van der Waals surface area contributed by atoms with Crippen LogP contribution in [0.5, 0.6) is 0 Å². The number of nitrogens with zero attached hydrogens (tertiary/aromatic N) is 3. The zero-order chi connectivity index (χ0) is 16.1. The molecule has 120 valence electrons. The number of carbonyl (C=O) groups is 1. The number of benzene rings is 1. The van der Waals surface area contributed by atoms with Crippen molar-refractivity contribution < 1.29 is 9.53 Å². The minimum atomic E-state index is -0.271. The molecule has 0 radical (unpaired) electrons. The number of rotatable bonds is 3. The summed E-state index contributed by atoms with van der Waals surface area (Å²) in [6.07, 6.45) is -0.271. The molecule has 6 heteroatoms. The molecule has 1 amide bonds. The first kappa shape index (κ1) is 15.6. The van der Waals surface area contributed by atoms with E-state index < -0.39 is 0 Å². The van der Waals surface area contributed by atoms with E-state index in [2.05, 4.69) is 9.88 Å². The smallest absolute Gasteiger partial charge is 0.410 e. The lowest BCUT2D eigenvalue weighted by Crippen LogP contribution is -2.49. The van der Waals surface area contributed by atoms with Crippen LogP contribution in [0.4, 0.5) is 10.6 Å². The number of halogens is 1. The molecule has 1 aromatic heterocycles. The first-order valence-corrected chi connectivity index (χ1v) is 7.93. The van der Waals surface area contributed by atoms with E-state index >= 15 is 0 Å². The second kappa shape index (κ2) is 7.33. The van der Waals surface area contributed by atoms with Crippen molar-refractivity contribution in [1.82, 2.24) is 9.88 Å². The van der Waals surface area contributed by atoms with E-state index in [0.29, 0.717) is 37.9 Å². The summed E-state index contributed by atoms with van der Waals surface area (Å²) in [5.41, 5.74) is 0.989. The zero-order valence-electron chi connectivity index (χ0n) is 12.7. The minimum Gasteiger partial charge on any atom is -0.445 e. The second-order valence-electron chi connectivity index (χ2n) is 5.33. The van der Waals surface area contributed by atoms with Gasteiger partial charge in [-0.3, -0.25) is 0 Å². The van der Waals surface area contributed by atoms with Gasteiger partial charge in [-0.1, -0.05) is 48.0 Å². The molecule has 23 heavy (non-hydrogen) atoms. The van der Waals surface area contributed by atoms with Crippen LogP contribution >= 0.6 is 11.6 Å². The Balaban J connectivity index is 1.49. The molecular formula is C17H18ClN3O2. The second-order valence-corrected chi connectivity index (χ2v) is 5.72. The van der Waals surface area contributed by atoms with Crippen LogP contribution in [0.25, 0.3) is 0 Å². The van der Waals surface area contributed by atoms with E-state index in [0.717, 1.165) is 11.4 Å².